The molecular weight excluding hydrogens is 360 g/mol. The summed E-state index contributed by atoms with van der Waals surface area (Å²) in [7, 11) is 0. The summed E-state index contributed by atoms with van der Waals surface area (Å²) >= 11 is 0. The van der Waals surface area contributed by atoms with Gasteiger partial charge in [0.15, 0.2) is 5.78 Å². The van der Waals surface area contributed by atoms with E-state index in [4.69, 9.17) is 9.47 Å². The monoisotopic (exact) mass is 388 g/mol. The number of hydrogen-bond donors (Lipinski definition) is 2. The molecule has 2 spiro atoms. The van der Waals surface area contributed by atoms with Crippen molar-refractivity contribution < 1.29 is 29.3 Å². The van der Waals surface area contributed by atoms with Crippen molar-refractivity contribution in [2.24, 2.45) is 28.1 Å². The first-order valence-electron chi connectivity index (χ1n) is 10.2. The topological polar surface area (TPSA) is 93.1 Å². The Balaban J connectivity index is 1.79. The van der Waals surface area contributed by atoms with E-state index in [1.165, 1.54) is 6.92 Å². The first kappa shape index (κ1) is 18.5. The number of esters is 1. The van der Waals surface area contributed by atoms with Crippen molar-refractivity contribution >= 4 is 11.8 Å². The molecule has 0 radical (unpaired) electrons. The predicted molar refractivity (Wildman–Crippen MR) is 98.8 cm³/mol. The largest absolute Gasteiger partial charge is 0.462 e. The molecule has 0 aromatic rings. The van der Waals surface area contributed by atoms with Gasteiger partial charge in [-0.1, -0.05) is 26.5 Å². The highest BCUT2D eigenvalue weighted by atomic mass is 16.6. The van der Waals surface area contributed by atoms with Crippen LogP contribution in [-0.2, 0) is 19.1 Å². The van der Waals surface area contributed by atoms with Crippen LogP contribution in [0.3, 0.4) is 0 Å². The number of carbonyl (C=O) groups excluding carboxylic acids is 2. The van der Waals surface area contributed by atoms with Gasteiger partial charge in [-0.25, -0.2) is 0 Å². The van der Waals surface area contributed by atoms with Gasteiger partial charge in [0.2, 0.25) is 5.79 Å². The maximum Gasteiger partial charge on any atom is 0.302 e. The van der Waals surface area contributed by atoms with E-state index in [2.05, 4.69) is 26.5 Å². The van der Waals surface area contributed by atoms with Crippen LogP contribution in [0.4, 0.5) is 0 Å². The highest BCUT2D eigenvalue weighted by molar-refractivity contribution is 6.06. The third-order valence-electron chi connectivity index (χ3n) is 8.48. The van der Waals surface area contributed by atoms with Gasteiger partial charge in [-0.2, -0.15) is 0 Å². The maximum atomic E-state index is 13.4. The number of carbonyl (C=O) groups is 2. The number of rotatable bonds is 1. The maximum absolute atomic E-state index is 13.4. The number of ketones is 1. The van der Waals surface area contributed by atoms with Gasteiger partial charge in [-0.15, -0.1) is 0 Å². The first-order valence-corrected chi connectivity index (χ1v) is 10.2. The molecule has 6 rings (SSSR count). The van der Waals surface area contributed by atoms with E-state index in [0.29, 0.717) is 24.8 Å². The molecule has 28 heavy (non-hydrogen) atoms. The van der Waals surface area contributed by atoms with Gasteiger partial charge >= 0.3 is 5.97 Å². The summed E-state index contributed by atoms with van der Waals surface area (Å²) in [4.78, 5) is 25.4. The molecule has 4 aliphatic carbocycles. The van der Waals surface area contributed by atoms with Crippen LogP contribution < -0.4 is 0 Å². The minimum Gasteiger partial charge on any atom is -0.462 e. The Labute approximate surface area is 164 Å². The normalized spacial score (nSPS) is 50.7. The molecule has 2 saturated heterocycles. The molecule has 2 N–H and O–H groups in total. The molecule has 3 saturated carbocycles. The Bertz CT molecular complexity index is 842. The van der Waals surface area contributed by atoms with Gasteiger partial charge < -0.3 is 19.7 Å². The van der Waals surface area contributed by atoms with Crippen molar-refractivity contribution in [3.05, 3.63) is 23.8 Å². The number of hydrogen-bond acceptors (Lipinski definition) is 6. The van der Waals surface area contributed by atoms with Crippen LogP contribution in [0.2, 0.25) is 0 Å². The second kappa shape index (κ2) is 5.15. The van der Waals surface area contributed by atoms with Crippen LogP contribution in [0, 0.1) is 28.1 Å². The molecule has 152 valence electrons. The number of allylic oxidation sites excluding steroid dienone is 2. The minimum absolute atomic E-state index is 0.0472. The summed E-state index contributed by atoms with van der Waals surface area (Å²) in [6.07, 6.45) is 2.75. The molecule has 4 bridgehead atoms. The van der Waals surface area contributed by atoms with Gasteiger partial charge in [0.1, 0.15) is 17.6 Å². The molecule has 5 fully saturated rings. The second-order valence-electron chi connectivity index (χ2n) is 10.1. The molecule has 6 aliphatic rings. The zero-order valence-electron chi connectivity index (χ0n) is 16.7. The van der Waals surface area contributed by atoms with Gasteiger partial charge in [-0.3, -0.25) is 9.59 Å². The van der Waals surface area contributed by atoms with Crippen LogP contribution in [-0.4, -0.2) is 46.6 Å². The summed E-state index contributed by atoms with van der Waals surface area (Å²) in [5, 5.41) is 23.2. The Morgan fingerprint density at radius 1 is 1.39 bits per heavy atom. The average molecular weight is 388 g/mol. The molecule has 0 aromatic carbocycles. The Morgan fingerprint density at radius 2 is 2.11 bits per heavy atom. The average Bonchev–Trinajstić information content (AvgIpc) is 2.81. The van der Waals surface area contributed by atoms with Crippen LogP contribution in [0.15, 0.2) is 23.8 Å². The van der Waals surface area contributed by atoms with E-state index in [1.807, 2.05) is 0 Å². The number of aliphatic hydroxyl groups is 2. The Hall–Kier alpha value is -1.50. The lowest BCUT2D eigenvalue weighted by Gasteiger charge is -2.71. The van der Waals surface area contributed by atoms with Crippen LogP contribution in [0.5, 0.6) is 0 Å². The summed E-state index contributed by atoms with van der Waals surface area (Å²) in [6, 6.07) is 0. The fourth-order valence-electron chi connectivity index (χ4n) is 7.43. The molecule has 0 unspecified atom stereocenters. The van der Waals surface area contributed by atoms with Crippen LogP contribution >= 0.6 is 0 Å². The number of Topliss-reactive ketones (excluding diaryl/α,β-unsaturated/α-hetero) is 1. The molecule has 0 amide bonds. The van der Waals surface area contributed by atoms with E-state index in [1.54, 1.807) is 0 Å². The molecular formula is C22H28O6. The van der Waals surface area contributed by atoms with Crippen LogP contribution in [0.25, 0.3) is 0 Å². The van der Waals surface area contributed by atoms with Gasteiger partial charge in [0.05, 0.1) is 12.0 Å². The summed E-state index contributed by atoms with van der Waals surface area (Å²) in [5.74, 6) is -3.02. The molecule has 6 nitrogen and oxygen atoms in total. The SMILES string of the molecule is C=C1C(=O)[C@]23C[C@H]1CC=C2[C@@]12CO[C@]3(O)[C@@H](O)[C@@H]1C(C)(C)CC[C@@H]2OC(C)=O. The lowest BCUT2D eigenvalue weighted by atomic mass is 9.39. The van der Waals surface area contributed by atoms with Crippen molar-refractivity contribution in [1.29, 1.82) is 0 Å². The van der Waals surface area contributed by atoms with E-state index < -0.39 is 28.8 Å². The highest BCUT2D eigenvalue weighted by Crippen LogP contribution is 2.75. The van der Waals surface area contributed by atoms with Crippen molar-refractivity contribution in [1.82, 2.24) is 0 Å². The van der Waals surface area contributed by atoms with Gasteiger partial charge in [-0.05, 0) is 48.2 Å². The lowest BCUT2D eigenvalue weighted by Crippen LogP contribution is -2.81. The zero-order chi connectivity index (χ0) is 20.3. The van der Waals surface area contributed by atoms with Crippen molar-refractivity contribution in [3.8, 4) is 0 Å². The predicted octanol–water partition coefficient (Wildman–Crippen LogP) is 1.90. The molecule has 2 aliphatic heterocycles. The summed E-state index contributed by atoms with van der Waals surface area (Å²) in [6.45, 7) is 9.65. The second-order valence-corrected chi connectivity index (χ2v) is 10.1. The fourth-order valence-corrected chi connectivity index (χ4v) is 7.43. The minimum atomic E-state index is -1.98. The number of aliphatic hydroxyl groups excluding tert-OH is 1. The first-order chi connectivity index (χ1) is 13.0. The summed E-state index contributed by atoms with van der Waals surface area (Å²) in [5.41, 5.74) is -1.15. The third-order valence-corrected chi connectivity index (χ3v) is 8.48. The van der Waals surface area contributed by atoms with Crippen molar-refractivity contribution in [2.45, 2.75) is 64.4 Å². The van der Waals surface area contributed by atoms with Crippen molar-refractivity contribution in [3.63, 3.8) is 0 Å². The third kappa shape index (κ3) is 1.73. The van der Waals surface area contributed by atoms with E-state index in [9.17, 15) is 19.8 Å². The highest BCUT2D eigenvalue weighted by Gasteiger charge is 2.82. The quantitative estimate of drug-likeness (QED) is 0.405. The fraction of sp³-hybridized carbons (Fsp3) is 0.727. The van der Waals surface area contributed by atoms with E-state index in [-0.39, 0.29) is 35.6 Å². The van der Waals surface area contributed by atoms with E-state index in [0.717, 1.165) is 12.0 Å². The van der Waals surface area contributed by atoms with Gasteiger partial charge in [0.25, 0.3) is 0 Å². The smallest absolute Gasteiger partial charge is 0.302 e. The van der Waals surface area contributed by atoms with Crippen molar-refractivity contribution in [2.75, 3.05) is 6.61 Å². The van der Waals surface area contributed by atoms with E-state index >= 15 is 0 Å². The molecule has 2 heterocycles. The Kier molecular flexibility index (Phi) is 3.41. The standard InChI is InChI=1S/C22H28O6/c1-11-13-5-6-14-20-10-27-22(26,21(14,9-13)17(11)24)18(25)16(20)19(3,4)8-7-15(20)28-12(2)23/h6,13,15-16,18,25-26H,1,5,7-10H2,2-4H3/t13-,15+,16-,18+,20-,21+,22-/m1/s1. The van der Waals surface area contributed by atoms with Crippen LogP contribution in [0.1, 0.15) is 46.5 Å². The zero-order valence-corrected chi connectivity index (χ0v) is 16.7. The molecule has 7 atom stereocenters. The Morgan fingerprint density at radius 3 is 2.79 bits per heavy atom. The molecule has 6 heteroatoms. The summed E-state index contributed by atoms with van der Waals surface area (Å²) < 4.78 is 11.7. The number of ether oxygens (including phenoxy) is 2. The lowest BCUT2D eigenvalue weighted by molar-refractivity contribution is -0.403. The van der Waals surface area contributed by atoms with Gasteiger partial charge in [0, 0.05) is 12.8 Å². The molecule has 0 aromatic heterocycles. The number of fused-ring (bicyclic) bond motifs is 2.